The zero-order chi connectivity index (χ0) is 17.5. The highest BCUT2D eigenvalue weighted by atomic mass is 35.5. The number of rotatable bonds is 7. The lowest BCUT2D eigenvalue weighted by atomic mass is 10.3. The zero-order valence-corrected chi connectivity index (χ0v) is 13.2. The quantitative estimate of drug-likeness (QED) is 0.463. The Morgan fingerprint density at radius 3 is 2.62 bits per heavy atom. The van der Waals surface area contributed by atoms with Gasteiger partial charge in [0, 0.05) is 17.2 Å². The van der Waals surface area contributed by atoms with Gasteiger partial charge in [-0.25, -0.2) is 0 Å². The fourth-order valence-electron chi connectivity index (χ4n) is 1.85. The molecule has 0 bridgehead atoms. The average molecular weight is 352 g/mol. The van der Waals surface area contributed by atoms with E-state index in [1.165, 1.54) is 0 Å². The maximum Gasteiger partial charge on any atom is 0.285 e. The molecule has 1 heterocycles. The Hall–Kier alpha value is -2.87. The van der Waals surface area contributed by atoms with Gasteiger partial charge in [-0.1, -0.05) is 11.6 Å². The molecule has 0 saturated heterocycles. The molecule has 0 aliphatic heterocycles. The molecule has 2 aromatic rings. The Balaban J connectivity index is 1.81. The summed E-state index contributed by atoms with van der Waals surface area (Å²) in [6, 6.07) is 8.92. The van der Waals surface area contributed by atoms with Gasteiger partial charge in [-0.2, -0.15) is 0 Å². The number of nitro groups is 1. The standard InChI is InChI=1S/C15H14ClN3O5/c16-11-1-4-13(5-2-11)24-8-7-17-14(20)10-18-9-12(19(22)23)3-6-15(18)21/h1-6,9H,7-8,10H2,(H,17,20). The van der Waals surface area contributed by atoms with Crippen molar-refractivity contribution in [3.05, 3.63) is 68.1 Å². The van der Waals surface area contributed by atoms with Gasteiger partial charge in [-0.3, -0.25) is 24.3 Å². The van der Waals surface area contributed by atoms with Gasteiger partial charge in [0.15, 0.2) is 0 Å². The van der Waals surface area contributed by atoms with E-state index in [-0.39, 0.29) is 25.4 Å². The average Bonchev–Trinajstić information content (AvgIpc) is 2.55. The summed E-state index contributed by atoms with van der Waals surface area (Å²) in [4.78, 5) is 33.4. The van der Waals surface area contributed by atoms with Crippen molar-refractivity contribution in [3.63, 3.8) is 0 Å². The molecular weight excluding hydrogens is 338 g/mol. The predicted octanol–water partition coefficient (Wildman–Crippen LogP) is 1.61. The third kappa shape index (κ3) is 5.10. The van der Waals surface area contributed by atoms with E-state index in [0.717, 1.165) is 22.9 Å². The number of halogens is 1. The summed E-state index contributed by atoms with van der Waals surface area (Å²) >= 11 is 5.75. The molecule has 1 aromatic heterocycles. The second kappa shape index (κ2) is 8.11. The number of nitrogens with one attached hydrogen (secondary N) is 1. The normalized spacial score (nSPS) is 10.2. The molecule has 24 heavy (non-hydrogen) atoms. The van der Waals surface area contributed by atoms with E-state index in [2.05, 4.69) is 5.32 Å². The SMILES string of the molecule is O=C(Cn1cc([N+](=O)[O-])ccc1=O)NCCOc1ccc(Cl)cc1. The van der Waals surface area contributed by atoms with Gasteiger partial charge < -0.3 is 10.1 Å². The number of ether oxygens (including phenoxy) is 1. The predicted molar refractivity (Wildman–Crippen MR) is 87.3 cm³/mol. The Morgan fingerprint density at radius 2 is 1.96 bits per heavy atom. The maximum absolute atomic E-state index is 11.8. The van der Waals surface area contributed by atoms with Crippen LogP contribution in [0, 0.1) is 10.1 Å². The van der Waals surface area contributed by atoms with Crippen molar-refractivity contribution in [3.8, 4) is 5.75 Å². The molecule has 8 nitrogen and oxygen atoms in total. The Bertz CT molecular complexity index is 788. The topological polar surface area (TPSA) is 103 Å². The fourth-order valence-corrected chi connectivity index (χ4v) is 1.98. The van der Waals surface area contributed by atoms with Crippen LogP contribution in [0.1, 0.15) is 0 Å². The van der Waals surface area contributed by atoms with E-state index in [1.807, 2.05) is 0 Å². The van der Waals surface area contributed by atoms with Gasteiger partial charge in [-0.05, 0) is 24.3 Å². The number of carbonyl (C=O) groups is 1. The monoisotopic (exact) mass is 351 g/mol. The van der Waals surface area contributed by atoms with Crippen molar-refractivity contribution >= 4 is 23.2 Å². The van der Waals surface area contributed by atoms with Crippen LogP contribution in [-0.4, -0.2) is 28.5 Å². The van der Waals surface area contributed by atoms with Crippen LogP contribution < -0.4 is 15.6 Å². The number of hydrogen-bond donors (Lipinski definition) is 1. The first-order valence-corrected chi connectivity index (χ1v) is 7.33. The van der Waals surface area contributed by atoms with Crippen LogP contribution in [0.15, 0.2) is 47.4 Å². The number of pyridine rings is 1. The molecule has 0 unspecified atom stereocenters. The van der Waals surface area contributed by atoms with Crippen molar-refractivity contribution in [2.24, 2.45) is 0 Å². The largest absolute Gasteiger partial charge is 0.492 e. The van der Waals surface area contributed by atoms with Crippen LogP contribution in [0.3, 0.4) is 0 Å². The van der Waals surface area contributed by atoms with E-state index >= 15 is 0 Å². The van der Waals surface area contributed by atoms with Crippen molar-refractivity contribution in [2.75, 3.05) is 13.2 Å². The number of benzene rings is 1. The molecule has 9 heteroatoms. The van der Waals surface area contributed by atoms with Crippen LogP contribution in [0.2, 0.25) is 5.02 Å². The first kappa shape index (κ1) is 17.5. The summed E-state index contributed by atoms with van der Waals surface area (Å²) in [5, 5.41) is 13.8. The number of carbonyl (C=O) groups excluding carboxylic acids is 1. The smallest absolute Gasteiger partial charge is 0.285 e. The van der Waals surface area contributed by atoms with Gasteiger partial charge in [-0.15, -0.1) is 0 Å². The third-order valence-corrected chi connectivity index (χ3v) is 3.25. The van der Waals surface area contributed by atoms with Crippen molar-refractivity contribution in [1.82, 2.24) is 9.88 Å². The van der Waals surface area contributed by atoms with E-state index in [4.69, 9.17) is 16.3 Å². The van der Waals surface area contributed by atoms with Crippen molar-refractivity contribution < 1.29 is 14.5 Å². The summed E-state index contributed by atoms with van der Waals surface area (Å²) < 4.78 is 6.38. The summed E-state index contributed by atoms with van der Waals surface area (Å²) in [5.74, 6) is 0.167. The third-order valence-electron chi connectivity index (χ3n) is 3.00. The minimum Gasteiger partial charge on any atom is -0.492 e. The van der Waals surface area contributed by atoms with Crippen LogP contribution in [0.4, 0.5) is 5.69 Å². The van der Waals surface area contributed by atoms with E-state index in [9.17, 15) is 19.7 Å². The molecule has 0 fully saturated rings. The lowest BCUT2D eigenvalue weighted by Crippen LogP contribution is -2.34. The molecule has 0 spiro atoms. The number of aromatic nitrogens is 1. The van der Waals surface area contributed by atoms with Gasteiger partial charge in [0.25, 0.3) is 11.2 Å². The van der Waals surface area contributed by atoms with E-state index < -0.39 is 16.4 Å². The Labute approximate surface area is 141 Å². The zero-order valence-electron chi connectivity index (χ0n) is 12.5. The summed E-state index contributed by atoms with van der Waals surface area (Å²) in [5.41, 5.74) is -0.748. The van der Waals surface area contributed by atoms with E-state index in [1.54, 1.807) is 24.3 Å². The lowest BCUT2D eigenvalue weighted by Gasteiger charge is -2.09. The molecule has 1 amide bonds. The second-order valence-corrected chi connectivity index (χ2v) is 5.20. The maximum atomic E-state index is 11.8. The van der Waals surface area contributed by atoms with Crippen molar-refractivity contribution in [1.29, 1.82) is 0 Å². The number of amides is 1. The summed E-state index contributed by atoms with van der Waals surface area (Å²) in [6.07, 6.45) is 1.03. The Kier molecular flexibility index (Phi) is 5.91. The highest BCUT2D eigenvalue weighted by Gasteiger charge is 2.10. The van der Waals surface area contributed by atoms with Crippen LogP contribution in [0.25, 0.3) is 0 Å². The molecule has 0 aliphatic rings. The summed E-state index contributed by atoms with van der Waals surface area (Å²) in [6.45, 7) is 0.157. The van der Waals surface area contributed by atoms with Crippen LogP contribution in [-0.2, 0) is 11.3 Å². The fraction of sp³-hybridized carbons (Fsp3) is 0.200. The molecule has 0 radical (unpaired) electrons. The molecule has 0 saturated carbocycles. The number of nitrogens with zero attached hydrogens (tertiary/aromatic N) is 2. The number of hydrogen-bond acceptors (Lipinski definition) is 5. The molecule has 2 rings (SSSR count). The first-order chi connectivity index (χ1) is 11.5. The minimum atomic E-state index is -0.631. The van der Waals surface area contributed by atoms with Gasteiger partial charge in [0.05, 0.1) is 17.7 Å². The van der Waals surface area contributed by atoms with Gasteiger partial charge in [0.1, 0.15) is 18.9 Å². The summed E-state index contributed by atoms with van der Waals surface area (Å²) in [7, 11) is 0. The second-order valence-electron chi connectivity index (χ2n) is 4.76. The molecule has 1 aromatic carbocycles. The van der Waals surface area contributed by atoms with E-state index in [0.29, 0.717) is 10.8 Å². The Morgan fingerprint density at radius 1 is 1.25 bits per heavy atom. The van der Waals surface area contributed by atoms with Gasteiger partial charge in [0.2, 0.25) is 5.91 Å². The molecule has 1 N–H and O–H groups in total. The minimum absolute atomic E-state index is 0.227. The highest BCUT2D eigenvalue weighted by Crippen LogP contribution is 2.15. The first-order valence-electron chi connectivity index (χ1n) is 6.95. The van der Waals surface area contributed by atoms with Gasteiger partial charge >= 0.3 is 0 Å². The molecule has 0 aliphatic carbocycles. The lowest BCUT2D eigenvalue weighted by molar-refractivity contribution is -0.385. The highest BCUT2D eigenvalue weighted by molar-refractivity contribution is 6.30. The van der Waals surface area contributed by atoms with Crippen LogP contribution >= 0.6 is 11.6 Å². The van der Waals surface area contributed by atoms with Crippen molar-refractivity contribution in [2.45, 2.75) is 6.54 Å². The molecule has 126 valence electrons. The molecular formula is C15H14ClN3O5. The van der Waals surface area contributed by atoms with Crippen LogP contribution in [0.5, 0.6) is 5.75 Å². The molecule has 0 atom stereocenters.